The lowest BCUT2D eigenvalue weighted by Crippen LogP contribution is -2.39. The zero-order chi connectivity index (χ0) is 15.8. The van der Waals surface area contributed by atoms with Gasteiger partial charge in [0.25, 0.3) is 5.91 Å². The third-order valence-electron chi connectivity index (χ3n) is 3.02. The van der Waals surface area contributed by atoms with Crippen LogP contribution in [0, 0.1) is 0 Å². The van der Waals surface area contributed by atoms with Crippen LogP contribution in [0.15, 0.2) is 12.1 Å². The summed E-state index contributed by atoms with van der Waals surface area (Å²) in [5, 5.41) is 0.291. The van der Waals surface area contributed by atoms with Crippen LogP contribution in [0.5, 0.6) is 0 Å². The van der Waals surface area contributed by atoms with Gasteiger partial charge in [-0.3, -0.25) is 9.59 Å². The number of pyridine rings is 1. The smallest absolute Gasteiger partial charge is 0.254 e. The van der Waals surface area contributed by atoms with Crippen molar-refractivity contribution < 1.29 is 9.59 Å². The molecule has 116 valence electrons. The summed E-state index contributed by atoms with van der Waals surface area (Å²) in [6.45, 7) is 4.48. The predicted molar refractivity (Wildman–Crippen MR) is 83.2 cm³/mol. The van der Waals surface area contributed by atoms with Crippen LogP contribution < -0.4 is 5.73 Å². The summed E-state index contributed by atoms with van der Waals surface area (Å²) in [5.41, 5.74) is 6.45. The molecule has 5 nitrogen and oxygen atoms in total. The first kappa shape index (κ1) is 17.4. The first-order chi connectivity index (χ1) is 9.97. The van der Waals surface area contributed by atoms with Crippen LogP contribution in [0.3, 0.4) is 0 Å². The summed E-state index contributed by atoms with van der Waals surface area (Å²) >= 11 is 5.97. The molecule has 1 rings (SSSR count). The van der Waals surface area contributed by atoms with E-state index in [0.29, 0.717) is 17.3 Å². The fourth-order valence-electron chi connectivity index (χ4n) is 2.03. The Morgan fingerprint density at radius 3 is 2.57 bits per heavy atom. The second-order valence-corrected chi connectivity index (χ2v) is 5.35. The summed E-state index contributed by atoms with van der Waals surface area (Å²) in [4.78, 5) is 29.3. The Kier molecular flexibility index (Phi) is 7.15. The number of hydrogen-bond donors (Lipinski definition) is 1. The van der Waals surface area contributed by atoms with Crippen molar-refractivity contribution in [2.45, 2.75) is 39.5 Å². The van der Waals surface area contributed by atoms with E-state index in [1.54, 1.807) is 6.07 Å². The van der Waals surface area contributed by atoms with Gasteiger partial charge in [-0.05, 0) is 25.0 Å². The van der Waals surface area contributed by atoms with Crippen molar-refractivity contribution in [2.24, 2.45) is 5.73 Å². The first-order valence-electron chi connectivity index (χ1n) is 7.22. The SMILES string of the molecule is CCCCN(CC(N)=O)C(=O)c1cc(Cl)nc(CCC)c1. The molecular formula is C15H22ClN3O2. The Hall–Kier alpha value is -1.62. The molecule has 0 aromatic carbocycles. The molecule has 1 aromatic heterocycles. The predicted octanol–water partition coefficient (Wildman–Crippen LogP) is 2.42. The van der Waals surface area contributed by atoms with Gasteiger partial charge in [-0.15, -0.1) is 0 Å². The van der Waals surface area contributed by atoms with E-state index in [2.05, 4.69) is 4.98 Å². The number of nitrogens with zero attached hydrogens (tertiary/aromatic N) is 2. The van der Waals surface area contributed by atoms with Crippen molar-refractivity contribution in [3.8, 4) is 0 Å². The maximum absolute atomic E-state index is 12.5. The molecule has 2 amide bonds. The highest BCUT2D eigenvalue weighted by Gasteiger charge is 2.18. The molecular weight excluding hydrogens is 290 g/mol. The van der Waals surface area contributed by atoms with Gasteiger partial charge in [0.15, 0.2) is 0 Å². The maximum Gasteiger partial charge on any atom is 0.254 e. The van der Waals surface area contributed by atoms with Crippen molar-refractivity contribution >= 4 is 23.4 Å². The van der Waals surface area contributed by atoms with Crippen LogP contribution >= 0.6 is 11.6 Å². The lowest BCUT2D eigenvalue weighted by atomic mass is 10.1. The minimum Gasteiger partial charge on any atom is -0.368 e. The number of rotatable bonds is 8. The number of amides is 2. The number of carbonyl (C=O) groups is 2. The molecule has 21 heavy (non-hydrogen) atoms. The van der Waals surface area contributed by atoms with Gasteiger partial charge in [-0.2, -0.15) is 0 Å². The normalized spacial score (nSPS) is 10.4. The number of aryl methyl sites for hydroxylation is 1. The van der Waals surface area contributed by atoms with Crippen molar-refractivity contribution in [3.05, 3.63) is 28.5 Å². The van der Waals surface area contributed by atoms with Crippen molar-refractivity contribution in [3.63, 3.8) is 0 Å². The number of unbranched alkanes of at least 4 members (excludes halogenated alkanes) is 1. The molecule has 0 saturated heterocycles. The summed E-state index contributed by atoms with van der Waals surface area (Å²) in [6, 6.07) is 3.26. The summed E-state index contributed by atoms with van der Waals surface area (Å²) in [6.07, 6.45) is 3.42. The number of carbonyl (C=O) groups excluding carboxylic acids is 2. The number of hydrogen-bond acceptors (Lipinski definition) is 3. The molecule has 1 aromatic rings. The van der Waals surface area contributed by atoms with Gasteiger partial charge in [-0.25, -0.2) is 4.98 Å². The largest absolute Gasteiger partial charge is 0.368 e. The Bertz CT molecular complexity index is 506. The van der Waals surface area contributed by atoms with Gasteiger partial charge < -0.3 is 10.6 Å². The van der Waals surface area contributed by atoms with Crippen LogP contribution in [0.25, 0.3) is 0 Å². The van der Waals surface area contributed by atoms with E-state index in [9.17, 15) is 9.59 Å². The lowest BCUT2D eigenvalue weighted by Gasteiger charge is -2.21. The van der Waals surface area contributed by atoms with E-state index in [4.69, 9.17) is 17.3 Å². The maximum atomic E-state index is 12.5. The van der Waals surface area contributed by atoms with Gasteiger partial charge in [-0.1, -0.05) is 38.3 Å². The quantitative estimate of drug-likeness (QED) is 0.749. The monoisotopic (exact) mass is 311 g/mol. The molecule has 0 aliphatic heterocycles. The third kappa shape index (κ3) is 5.71. The molecule has 0 aliphatic rings. The van der Waals surface area contributed by atoms with Gasteiger partial charge in [0.1, 0.15) is 5.15 Å². The lowest BCUT2D eigenvalue weighted by molar-refractivity contribution is -0.118. The van der Waals surface area contributed by atoms with Gasteiger partial charge in [0, 0.05) is 17.8 Å². The average molecular weight is 312 g/mol. The molecule has 0 radical (unpaired) electrons. The van der Waals surface area contributed by atoms with Crippen molar-refractivity contribution in [1.82, 2.24) is 9.88 Å². The van der Waals surface area contributed by atoms with E-state index in [1.165, 1.54) is 11.0 Å². The Labute approximate surface area is 130 Å². The minimum atomic E-state index is -0.520. The third-order valence-corrected chi connectivity index (χ3v) is 3.21. The molecule has 2 N–H and O–H groups in total. The highest BCUT2D eigenvalue weighted by molar-refractivity contribution is 6.29. The molecule has 0 bridgehead atoms. The van der Waals surface area contributed by atoms with Crippen LogP contribution in [0.2, 0.25) is 5.15 Å². The first-order valence-corrected chi connectivity index (χ1v) is 7.59. The second-order valence-electron chi connectivity index (χ2n) is 4.97. The molecule has 0 fully saturated rings. The summed E-state index contributed by atoms with van der Waals surface area (Å²) in [7, 11) is 0. The van der Waals surface area contributed by atoms with Crippen molar-refractivity contribution in [1.29, 1.82) is 0 Å². The topological polar surface area (TPSA) is 76.3 Å². The average Bonchev–Trinajstić information content (AvgIpc) is 2.42. The van der Waals surface area contributed by atoms with E-state index in [1.807, 2.05) is 13.8 Å². The molecule has 0 saturated carbocycles. The van der Waals surface area contributed by atoms with Crippen LogP contribution in [-0.2, 0) is 11.2 Å². The highest BCUT2D eigenvalue weighted by atomic mass is 35.5. The molecule has 1 heterocycles. The Balaban J connectivity index is 2.98. The van der Waals surface area contributed by atoms with Crippen LogP contribution in [0.1, 0.15) is 49.2 Å². The van der Waals surface area contributed by atoms with Crippen molar-refractivity contribution in [2.75, 3.05) is 13.1 Å². The van der Waals surface area contributed by atoms with Crippen LogP contribution in [-0.4, -0.2) is 34.8 Å². The second kappa shape index (κ2) is 8.62. The number of aromatic nitrogens is 1. The number of halogens is 1. The molecule has 0 atom stereocenters. The zero-order valence-electron chi connectivity index (χ0n) is 12.6. The number of primary amides is 1. The number of nitrogens with two attached hydrogens (primary N) is 1. The van der Waals surface area contributed by atoms with Crippen LogP contribution in [0.4, 0.5) is 0 Å². The molecule has 0 spiro atoms. The molecule has 6 heteroatoms. The zero-order valence-corrected chi connectivity index (χ0v) is 13.3. The summed E-state index contributed by atoms with van der Waals surface area (Å²) in [5.74, 6) is -0.753. The fraction of sp³-hybridized carbons (Fsp3) is 0.533. The summed E-state index contributed by atoms with van der Waals surface area (Å²) < 4.78 is 0. The van der Waals surface area contributed by atoms with E-state index in [-0.39, 0.29) is 12.5 Å². The highest BCUT2D eigenvalue weighted by Crippen LogP contribution is 2.15. The standard InChI is InChI=1S/C15H22ClN3O2/c1-3-5-7-19(10-14(17)20)15(21)11-8-12(6-4-2)18-13(16)9-11/h8-9H,3-7,10H2,1-2H3,(H2,17,20). The molecule has 0 unspecified atom stereocenters. The van der Waals surface area contributed by atoms with E-state index in [0.717, 1.165) is 31.4 Å². The van der Waals surface area contributed by atoms with Gasteiger partial charge >= 0.3 is 0 Å². The Morgan fingerprint density at radius 2 is 2.00 bits per heavy atom. The fourth-order valence-corrected chi connectivity index (χ4v) is 2.26. The minimum absolute atomic E-state index is 0.0815. The molecule has 0 aliphatic carbocycles. The van der Waals surface area contributed by atoms with Gasteiger partial charge in [0.05, 0.1) is 6.54 Å². The Morgan fingerprint density at radius 1 is 1.29 bits per heavy atom. The van der Waals surface area contributed by atoms with E-state index < -0.39 is 5.91 Å². The van der Waals surface area contributed by atoms with E-state index >= 15 is 0 Å². The van der Waals surface area contributed by atoms with Gasteiger partial charge in [0.2, 0.25) is 5.91 Å².